The number of methoxy groups -OCH3 is 1. The van der Waals surface area contributed by atoms with Gasteiger partial charge in [0.05, 0.1) is 24.9 Å². The lowest BCUT2D eigenvalue weighted by Crippen LogP contribution is -2.48. The molecule has 1 fully saturated rings. The maximum atomic E-state index is 14.5. The number of benzene rings is 1. The van der Waals surface area contributed by atoms with Crippen molar-refractivity contribution in [1.82, 2.24) is 0 Å². The van der Waals surface area contributed by atoms with Crippen molar-refractivity contribution in [3.05, 3.63) is 29.6 Å². The van der Waals surface area contributed by atoms with Crippen LogP contribution in [0.5, 0.6) is 0 Å². The summed E-state index contributed by atoms with van der Waals surface area (Å²) in [5, 5.41) is 0. The first-order valence-corrected chi connectivity index (χ1v) is 9.59. The number of nitrogens with two attached hydrogens (primary N) is 1. The van der Waals surface area contributed by atoms with Gasteiger partial charge in [-0.15, -0.1) is 0 Å². The standard InChI is InChI=1S/C16H23FN2O2S.C2H6/c1-19-16(14-6-12(18)4-5-15(14)17)7-13(9-20-2)21-8-11(16)10-22-3;1-2/h4-6,11,13H,1,7-10,18H2,2-3H3;1-2H3. The summed E-state index contributed by atoms with van der Waals surface area (Å²) in [7, 11) is 1.63. The monoisotopic (exact) mass is 356 g/mol. The first kappa shape index (κ1) is 20.9. The molecule has 0 amide bonds. The van der Waals surface area contributed by atoms with Crippen LogP contribution in [0.4, 0.5) is 10.1 Å². The Kier molecular flexibility index (Phi) is 8.73. The largest absolute Gasteiger partial charge is 0.399 e. The fourth-order valence-electron chi connectivity index (χ4n) is 3.13. The van der Waals surface area contributed by atoms with Crippen LogP contribution in [0.3, 0.4) is 0 Å². The normalized spacial score (nSPS) is 26.4. The molecule has 1 aromatic rings. The van der Waals surface area contributed by atoms with Crippen LogP contribution in [-0.2, 0) is 15.0 Å². The van der Waals surface area contributed by atoms with Crippen LogP contribution >= 0.6 is 11.8 Å². The molecule has 2 rings (SSSR count). The quantitative estimate of drug-likeness (QED) is 0.623. The number of nitrogens with zero attached hydrogens (tertiary/aromatic N) is 1. The number of halogens is 1. The minimum absolute atomic E-state index is 0.0457. The molecule has 0 aromatic heterocycles. The summed E-state index contributed by atoms with van der Waals surface area (Å²) >= 11 is 1.69. The summed E-state index contributed by atoms with van der Waals surface area (Å²) < 4.78 is 25.5. The average molecular weight is 357 g/mol. The van der Waals surface area contributed by atoms with Crippen molar-refractivity contribution in [2.75, 3.05) is 38.1 Å². The SMILES string of the molecule is C=NC1(c2cc(N)ccc2F)CC(COC)OCC1CSC.CC. The smallest absolute Gasteiger partial charge is 0.129 e. The summed E-state index contributed by atoms with van der Waals surface area (Å²) in [6, 6.07) is 4.63. The maximum absolute atomic E-state index is 14.5. The van der Waals surface area contributed by atoms with Gasteiger partial charge in [0.2, 0.25) is 0 Å². The molecule has 0 bridgehead atoms. The fourth-order valence-corrected chi connectivity index (χ4v) is 3.90. The highest BCUT2D eigenvalue weighted by molar-refractivity contribution is 7.98. The highest BCUT2D eigenvalue weighted by atomic mass is 32.2. The third kappa shape index (κ3) is 4.49. The van der Waals surface area contributed by atoms with E-state index in [1.165, 1.54) is 6.07 Å². The molecule has 1 aromatic carbocycles. The Labute approximate surface area is 149 Å². The second-order valence-electron chi connectivity index (χ2n) is 5.59. The van der Waals surface area contributed by atoms with Crippen LogP contribution in [0.1, 0.15) is 25.8 Å². The van der Waals surface area contributed by atoms with Gasteiger partial charge in [0.1, 0.15) is 5.82 Å². The van der Waals surface area contributed by atoms with E-state index in [0.717, 1.165) is 5.75 Å². The third-order valence-electron chi connectivity index (χ3n) is 4.21. The minimum Gasteiger partial charge on any atom is -0.399 e. The molecule has 2 N–H and O–H groups in total. The molecular weight excluding hydrogens is 327 g/mol. The van der Waals surface area contributed by atoms with E-state index in [0.29, 0.717) is 30.9 Å². The Morgan fingerprint density at radius 2 is 2.21 bits per heavy atom. The maximum Gasteiger partial charge on any atom is 0.129 e. The van der Waals surface area contributed by atoms with E-state index in [9.17, 15) is 4.39 Å². The van der Waals surface area contributed by atoms with Gasteiger partial charge in [0.15, 0.2) is 0 Å². The average Bonchev–Trinajstić information content (AvgIpc) is 2.60. The number of anilines is 1. The second kappa shape index (κ2) is 10.0. The lowest BCUT2D eigenvalue weighted by Gasteiger charge is -2.44. The number of thioether (sulfide) groups is 1. The molecule has 1 aliphatic heterocycles. The van der Waals surface area contributed by atoms with Crippen molar-refractivity contribution in [1.29, 1.82) is 0 Å². The molecule has 0 radical (unpaired) electrons. The van der Waals surface area contributed by atoms with E-state index in [1.807, 2.05) is 20.1 Å². The Bertz CT molecular complexity index is 530. The number of aliphatic imine (C=N–C) groups is 1. The Hall–Kier alpha value is -1.11. The summed E-state index contributed by atoms with van der Waals surface area (Å²) in [4.78, 5) is 4.39. The molecule has 0 aliphatic carbocycles. The highest BCUT2D eigenvalue weighted by Gasteiger charge is 2.46. The predicted molar refractivity (Wildman–Crippen MR) is 101 cm³/mol. The first-order chi connectivity index (χ1) is 11.6. The van der Waals surface area contributed by atoms with Crippen LogP contribution in [-0.4, -0.2) is 45.2 Å². The highest BCUT2D eigenvalue weighted by Crippen LogP contribution is 2.45. The summed E-state index contributed by atoms with van der Waals surface area (Å²) in [5.41, 5.74) is 6.17. The molecular formula is C18H29FN2O2S. The lowest BCUT2D eigenvalue weighted by atomic mass is 9.73. The van der Waals surface area contributed by atoms with Crippen molar-refractivity contribution >= 4 is 24.2 Å². The Morgan fingerprint density at radius 1 is 1.50 bits per heavy atom. The van der Waals surface area contributed by atoms with Crippen molar-refractivity contribution in [3.63, 3.8) is 0 Å². The molecule has 136 valence electrons. The fraction of sp³-hybridized carbons (Fsp3) is 0.611. The van der Waals surface area contributed by atoms with Gasteiger partial charge in [0.25, 0.3) is 0 Å². The van der Waals surface area contributed by atoms with Crippen LogP contribution < -0.4 is 5.73 Å². The zero-order valence-electron chi connectivity index (χ0n) is 15.0. The van der Waals surface area contributed by atoms with Crippen LogP contribution in [0.15, 0.2) is 23.2 Å². The van der Waals surface area contributed by atoms with Gasteiger partial charge in [-0.1, -0.05) is 13.8 Å². The van der Waals surface area contributed by atoms with Gasteiger partial charge in [-0.2, -0.15) is 11.8 Å². The van der Waals surface area contributed by atoms with Crippen LogP contribution in [0.25, 0.3) is 0 Å². The summed E-state index contributed by atoms with van der Waals surface area (Å²) in [5.74, 6) is 0.558. The van der Waals surface area contributed by atoms with Gasteiger partial charge in [-0.25, -0.2) is 4.39 Å². The molecule has 1 heterocycles. The number of ether oxygens (including phenoxy) is 2. The van der Waals surface area contributed by atoms with Crippen LogP contribution in [0, 0.1) is 11.7 Å². The van der Waals surface area contributed by atoms with Gasteiger partial charge < -0.3 is 15.2 Å². The Balaban J connectivity index is 0.00000139. The number of nitrogen functional groups attached to an aromatic ring is 1. The van der Waals surface area contributed by atoms with E-state index in [-0.39, 0.29) is 17.8 Å². The topological polar surface area (TPSA) is 56.8 Å². The van der Waals surface area contributed by atoms with E-state index in [2.05, 4.69) is 11.7 Å². The van der Waals surface area contributed by atoms with E-state index < -0.39 is 5.54 Å². The molecule has 0 saturated carbocycles. The molecule has 6 heteroatoms. The van der Waals surface area contributed by atoms with Gasteiger partial charge in [0, 0.05) is 36.5 Å². The van der Waals surface area contributed by atoms with E-state index >= 15 is 0 Å². The number of hydrogen-bond donors (Lipinski definition) is 1. The van der Waals surface area contributed by atoms with E-state index in [1.54, 1.807) is 31.0 Å². The first-order valence-electron chi connectivity index (χ1n) is 8.20. The minimum atomic E-state index is -0.732. The zero-order chi connectivity index (χ0) is 18.2. The molecule has 4 nitrogen and oxygen atoms in total. The second-order valence-corrected chi connectivity index (χ2v) is 6.50. The molecule has 0 spiro atoms. The van der Waals surface area contributed by atoms with E-state index in [4.69, 9.17) is 15.2 Å². The predicted octanol–water partition coefficient (Wildman–Crippen LogP) is 3.74. The van der Waals surface area contributed by atoms with Crippen molar-refractivity contribution in [3.8, 4) is 0 Å². The van der Waals surface area contributed by atoms with Gasteiger partial charge in [-0.3, -0.25) is 4.99 Å². The van der Waals surface area contributed by atoms with Crippen molar-refractivity contribution in [2.24, 2.45) is 10.9 Å². The summed E-state index contributed by atoms with van der Waals surface area (Å²) in [6.45, 7) is 8.72. The number of hydrogen-bond acceptors (Lipinski definition) is 5. The van der Waals surface area contributed by atoms with Gasteiger partial charge in [-0.05, 0) is 31.2 Å². The molecule has 3 atom stereocenters. The number of rotatable bonds is 6. The van der Waals surface area contributed by atoms with Crippen molar-refractivity contribution < 1.29 is 13.9 Å². The molecule has 24 heavy (non-hydrogen) atoms. The van der Waals surface area contributed by atoms with Crippen LogP contribution in [0.2, 0.25) is 0 Å². The Morgan fingerprint density at radius 3 is 2.79 bits per heavy atom. The zero-order valence-corrected chi connectivity index (χ0v) is 15.9. The molecule has 1 aliphatic rings. The summed E-state index contributed by atoms with van der Waals surface area (Å²) in [6.07, 6.45) is 2.43. The molecule has 3 unspecified atom stereocenters. The third-order valence-corrected chi connectivity index (χ3v) is 4.94. The molecule has 1 saturated heterocycles. The van der Waals surface area contributed by atoms with Gasteiger partial charge >= 0.3 is 0 Å². The lowest BCUT2D eigenvalue weighted by molar-refractivity contribution is -0.0806. The van der Waals surface area contributed by atoms with Crippen molar-refractivity contribution in [2.45, 2.75) is 31.9 Å².